The molecule has 0 aliphatic heterocycles. The summed E-state index contributed by atoms with van der Waals surface area (Å²) >= 11 is 0. The molecule has 4 rings (SSSR count). The number of nitrogens with one attached hydrogen (secondary N) is 1. The fraction of sp³-hybridized carbons (Fsp3) is 0.286. The van der Waals surface area contributed by atoms with Crippen LogP contribution in [0.2, 0.25) is 0 Å². The van der Waals surface area contributed by atoms with Crippen molar-refractivity contribution in [2.75, 3.05) is 5.32 Å². The van der Waals surface area contributed by atoms with Gasteiger partial charge in [0.15, 0.2) is 5.82 Å². The van der Waals surface area contributed by atoms with Crippen LogP contribution in [-0.4, -0.2) is 34.5 Å². The van der Waals surface area contributed by atoms with E-state index in [9.17, 15) is 13.2 Å². The maximum Gasteiger partial charge on any atom is 0.419 e. The number of halogens is 3. The van der Waals surface area contributed by atoms with Gasteiger partial charge in [0.05, 0.1) is 22.6 Å². The Bertz CT molecular complexity index is 1290. The van der Waals surface area contributed by atoms with Crippen LogP contribution in [0.25, 0.3) is 17.1 Å². The highest BCUT2D eigenvalue weighted by Gasteiger charge is 2.37. The Balaban J connectivity index is 1.69. The number of anilines is 2. The van der Waals surface area contributed by atoms with Crippen LogP contribution in [0.15, 0.2) is 30.7 Å². The summed E-state index contributed by atoms with van der Waals surface area (Å²) in [6.45, 7) is 6.52. The van der Waals surface area contributed by atoms with Gasteiger partial charge in [0, 0.05) is 36.1 Å². The Hall–Kier alpha value is -3.76. The molecule has 0 aliphatic rings. The van der Waals surface area contributed by atoms with E-state index in [0.29, 0.717) is 11.6 Å². The summed E-state index contributed by atoms with van der Waals surface area (Å²) in [5, 5.41) is 11.8. The minimum Gasteiger partial charge on any atom is -0.325 e. The van der Waals surface area contributed by atoms with Gasteiger partial charge in [-0.2, -0.15) is 23.4 Å². The highest BCUT2D eigenvalue weighted by Crippen LogP contribution is 2.35. The second-order valence-corrected chi connectivity index (χ2v) is 7.48. The monoisotopic (exact) mass is 442 g/mol. The molecule has 0 saturated carbocycles. The van der Waals surface area contributed by atoms with Crippen LogP contribution in [0.3, 0.4) is 0 Å². The Morgan fingerprint density at radius 1 is 0.969 bits per heavy atom. The second kappa shape index (κ2) is 7.74. The average Bonchev–Trinajstić information content (AvgIpc) is 3.18. The zero-order valence-electron chi connectivity index (χ0n) is 18.2. The molecule has 166 valence electrons. The first kappa shape index (κ1) is 21.5. The number of nitrogens with zero attached hydrogens (tertiary/aromatic N) is 7. The Labute approximate surface area is 182 Å². The zero-order chi connectivity index (χ0) is 23.2. The van der Waals surface area contributed by atoms with Crippen LogP contribution in [0, 0.1) is 27.7 Å². The Kier molecular flexibility index (Phi) is 5.19. The average molecular weight is 442 g/mol. The van der Waals surface area contributed by atoms with Crippen molar-refractivity contribution in [1.29, 1.82) is 0 Å². The predicted molar refractivity (Wildman–Crippen MR) is 113 cm³/mol. The van der Waals surface area contributed by atoms with Gasteiger partial charge in [0.1, 0.15) is 18.0 Å². The molecule has 1 N–H and O–H groups in total. The molecule has 4 aromatic rings. The lowest BCUT2D eigenvalue weighted by Crippen LogP contribution is -2.09. The number of aromatic nitrogens is 7. The predicted octanol–water partition coefficient (Wildman–Crippen LogP) is 4.45. The van der Waals surface area contributed by atoms with E-state index in [1.54, 1.807) is 24.0 Å². The lowest BCUT2D eigenvalue weighted by molar-refractivity contribution is -0.138. The first-order valence-corrected chi connectivity index (χ1v) is 9.75. The molecule has 4 heterocycles. The van der Waals surface area contributed by atoms with Crippen LogP contribution in [0.5, 0.6) is 0 Å². The van der Waals surface area contributed by atoms with E-state index in [1.807, 2.05) is 26.0 Å². The molecule has 0 bridgehead atoms. The number of pyridine rings is 1. The fourth-order valence-corrected chi connectivity index (χ4v) is 3.62. The van der Waals surface area contributed by atoms with Crippen molar-refractivity contribution in [2.24, 2.45) is 7.05 Å². The van der Waals surface area contributed by atoms with Gasteiger partial charge in [-0.1, -0.05) is 0 Å². The van der Waals surface area contributed by atoms with Crippen molar-refractivity contribution in [3.63, 3.8) is 0 Å². The molecular formula is C21H21F3N8. The number of aryl methyl sites for hydroxylation is 3. The molecule has 32 heavy (non-hydrogen) atoms. The minimum absolute atomic E-state index is 0.0366. The molecule has 0 spiro atoms. The SMILES string of the molecule is Cc1ccc(-c2nn(C)c(Nc3cc(-n4nc(C)c(C(F)(F)F)c4C)ncn3)c2C)cn1. The van der Waals surface area contributed by atoms with Gasteiger partial charge in [0.2, 0.25) is 0 Å². The van der Waals surface area contributed by atoms with Crippen molar-refractivity contribution in [3.05, 3.63) is 58.9 Å². The van der Waals surface area contributed by atoms with Crippen LogP contribution >= 0.6 is 0 Å². The normalized spacial score (nSPS) is 11.8. The maximum atomic E-state index is 13.3. The molecule has 8 nitrogen and oxygen atoms in total. The van der Waals surface area contributed by atoms with Crippen molar-refractivity contribution < 1.29 is 13.2 Å². The van der Waals surface area contributed by atoms with E-state index in [0.717, 1.165) is 22.5 Å². The van der Waals surface area contributed by atoms with E-state index >= 15 is 0 Å². The third-order valence-corrected chi connectivity index (χ3v) is 5.16. The molecule has 0 aromatic carbocycles. The summed E-state index contributed by atoms with van der Waals surface area (Å²) in [6, 6.07) is 5.40. The molecule has 4 aromatic heterocycles. The summed E-state index contributed by atoms with van der Waals surface area (Å²) in [4.78, 5) is 12.6. The summed E-state index contributed by atoms with van der Waals surface area (Å²) in [7, 11) is 1.79. The van der Waals surface area contributed by atoms with E-state index in [2.05, 4.69) is 30.5 Å². The summed E-state index contributed by atoms with van der Waals surface area (Å²) in [6.07, 6.45) is -1.45. The zero-order valence-corrected chi connectivity index (χ0v) is 18.2. The molecule has 0 atom stereocenters. The van der Waals surface area contributed by atoms with Crippen molar-refractivity contribution >= 4 is 11.6 Å². The Morgan fingerprint density at radius 2 is 1.72 bits per heavy atom. The van der Waals surface area contributed by atoms with Gasteiger partial charge < -0.3 is 5.32 Å². The summed E-state index contributed by atoms with van der Waals surface area (Å²) in [5.74, 6) is 1.31. The van der Waals surface area contributed by atoms with Gasteiger partial charge in [-0.25, -0.2) is 14.6 Å². The molecule has 0 radical (unpaired) electrons. The highest BCUT2D eigenvalue weighted by atomic mass is 19.4. The maximum absolute atomic E-state index is 13.3. The number of hydrogen-bond donors (Lipinski definition) is 1. The van der Waals surface area contributed by atoms with E-state index in [1.165, 1.54) is 24.9 Å². The van der Waals surface area contributed by atoms with Gasteiger partial charge in [-0.3, -0.25) is 9.67 Å². The van der Waals surface area contributed by atoms with E-state index in [4.69, 9.17) is 0 Å². The topological polar surface area (TPSA) is 86.3 Å². The van der Waals surface area contributed by atoms with E-state index in [-0.39, 0.29) is 17.2 Å². The third kappa shape index (κ3) is 3.81. The smallest absolute Gasteiger partial charge is 0.325 e. The third-order valence-electron chi connectivity index (χ3n) is 5.16. The van der Waals surface area contributed by atoms with Crippen molar-refractivity contribution in [2.45, 2.75) is 33.9 Å². The van der Waals surface area contributed by atoms with Gasteiger partial charge >= 0.3 is 6.18 Å². The van der Waals surface area contributed by atoms with Crippen LogP contribution < -0.4 is 5.32 Å². The number of hydrogen-bond acceptors (Lipinski definition) is 6. The molecule has 0 unspecified atom stereocenters. The summed E-state index contributed by atoms with van der Waals surface area (Å²) < 4.78 is 42.9. The fourth-order valence-electron chi connectivity index (χ4n) is 3.62. The minimum atomic E-state index is -4.49. The van der Waals surface area contributed by atoms with Crippen molar-refractivity contribution in [3.8, 4) is 17.1 Å². The highest BCUT2D eigenvalue weighted by molar-refractivity contribution is 5.71. The quantitative estimate of drug-likeness (QED) is 0.502. The summed E-state index contributed by atoms with van der Waals surface area (Å²) in [5.41, 5.74) is 2.53. The lowest BCUT2D eigenvalue weighted by Gasteiger charge is -2.10. The van der Waals surface area contributed by atoms with Gasteiger partial charge in [-0.15, -0.1) is 0 Å². The standard InChI is InChI=1S/C21H21F3N8/c1-11-6-7-15(9-25-11)19-12(2)20(31(5)30-19)28-16-8-17(27-10-26-16)32-14(4)18(13(3)29-32)21(22,23)24/h6-10H,1-5H3,(H,26,27,28). The van der Waals surface area contributed by atoms with Crippen LogP contribution in [0.4, 0.5) is 24.8 Å². The first-order chi connectivity index (χ1) is 15.1. The molecule has 0 amide bonds. The first-order valence-electron chi connectivity index (χ1n) is 9.75. The van der Waals surface area contributed by atoms with Crippen LogP contribution in [-0.2, 0) is 13.2 Å². The van der Waals surface area contributed by atoms with Gasteiger partial charge in [-0.05, 0) is 39.8 Å². The molecule has 0 aliphatic carbocycles. The molecular weight excluding hydrogens is 421 g/mol. The van der Waals surface area contributed by atoms with Gasteiger partial charge in [0.25, 0.3) is 0 Å². The second-order valence-electron chi connectivity index (χ2n) is 7.48. The number of rotatable bonds is 4. The molecule has 0 saturated heterocycles. The van der Waals surface area contributed by atoms with E-state index < -0.39 is 11.7 Å². The molecule has 0 fully saturated rings. The molecule has 11 heteroatoms. The number of alkyl halides is 3. The van der Waals surface area contributed by atoms with Crippen molar-refractivity contribution in [1.82, 2.24) is 34.5 Å². The largest absolute Gasteiger partial charge is 0.419 e. The lowest BCUT2D eigenvalue weighted by atomic mass is 10.1. The Morgan fingerprint density at radius 3 is 2.34 bits per heavy atom. The van der Waals surface area contributed by atoms with Crippen LogP contribution in [0.1, 0.15) is 28.2 Å².